The maximum absolute atomic E-state index is 13.1. The fourth-order valence-corrected chi connectivity index (χ4v) is 6.64. The summed E-state index contributed by atoms with van der Waals surface area (Å²) in [5.74, 6) is 1.08. The Morgan fingerprint density at radius 2 is 1.81 bits per heavy atom. The number of hydrogen-bond donors (Lipinski definition) is 2. The molecule has 0 aliphatic heterocycles. The highest BCUT2D eigenvalue weighted by molar-refractivity contribution is 5.83. The highest BCUT2D eigenvalue weighted by atomic mass is 16.2. The average molecular weight is 292 g/mol. The van der Waals surface area contributed by atoms with Crippen LogP contribution in [0.25, 0.3) is 0 Å². The molecular formula is C18H32N2O. The summed E-state index contributed by atoms with van der Waals surface area (Å²) in [6.07, 6.45) is 9.39. The van der Waals surface area contributed by atoms with E-state index in [-0.39, 0.29) is 11.5 Å². The van der Waals surface area contributed by atoms with Crippen LogP contribution in [0.3, 0.4) is 0 Å². The molecule has 0 aromatic heterocycles. The van der Waals surface area contributed by atoms with Crippen molar-refractivity contribution in [2.45, 2.75) is 78.2 Å². The maximum Gasteiger partial charge on any atom is 0.226 e. The molecule has 0 radical (unpaired) electrons. The molecule has 0 aromatic carbocycles. The third-order valence-electron chi connectivity index (χ3n) is 6.36. The van der Waals surface area contributed by atoms with Gasteiger partial charge in [-0.1, -0.05) is 27.2 Å². The van der Waals surface area contributed by atoms with Crippen molar-refractivity contribution >= 4 is 5.91 Å². The molecule has 3 nitrogen and oxygen atoms in total. The van der Waals surface area contributed by atoms with E-state index in [1.165, 1.54) is 19.3 Å². The monoisotopic (exact) mass is 292 g/mol. The number of carbonyl (C=O) groups excluding carboxylic acids is 1. The molecule has 4 aliphatic rings. The van der Waals surface area contributed by atoms with Gasteiger partial charge in [-0.2, -0.15) is 0 Å². The molecule has 0 heterocycles. The fraction of sp³-hybridized carbons (Fsp3) is 0.944. The number of rotatable bonds is 5. The molecular weight excluding hydrogens is 260 g/mol. The van der Waals surface area contributed by atoms with Gasteiger partial charge in [-0.05, 0) is 61.7 Å². The minimum Gasteiger partial charge on any atom is -0.352 e. The molecule has 4 bridgehead atoms. The van der Waals surface area contributed by atoms with Crippen LogP contribution >= 0.6 is 0 Å². The molecule has 4 aliphatic carbocycles. The topological polar surface area (TPSA) is 55.1 Å². The van der Waals surface area contributed by atoms with Gasteiger partial charge in [0.1, 0.15) is 0 Å². The summed E-state index contributed by atoms with van der Waals surface area (Å²) < 4.78 is 0. The first-order chi connectivity index (χ1) is 9.82. The molecule has 3 N–H and O–H groups in total. The predicted molar refractivity (Wildman–Crippen MR) is 85.7 cm³/mol. The van der Waals surface area contributed by atoms with Crippen LogP contribution in [0.5, 0.6) is 0 Å². The van der Waals surface area contributed by atoms with Crippen molar-refractivity contribution in [1.82, 2.24) is 5.32 Å². The summed E-state index contributed by atoms with van der Waals surface area (Å²) in [7, 11) is 0. The van der Waals surface area contributed by atoms with Crippen molar-refractivity contribution in [2.24, 2.45) is 27.9 Å². The Balaban J connectivity index is 1.79. The lowest BCUT2D eigenvalue weighted by molar-refractivity contribution is -0.170. The lowest BCUT2D eigenvalue weighted by Crippen LogP contribution is -2.61. The van der Waals surface area contributed by atoms with Crippen molar-refractivity contribution in [1.29, 1.82) is 0 Å². The van der Waals surface area contributed by atoms with E-state index in [9.17, 15) is 4.79 Å². The predicted octanol–water partition coefficient (Wildman–Crippen LogP) is 3.23. The molecule has 0 spiro atoms. The fourth-order valence-electron chi connectivity index (χ4n) is 6.64. The highest BCUT2D eigenvalue weighted by Crippen LogP contribution is 2.69. The van der Waals surface area contributed by atoms with Crippen molar-refractivity contribution in [3.63, 3.8) is 0 Å². The van der Waals surface area contributed by atoms with Crippen LogP contribution in [0, 0.1) is 22.2 Å². The van der Waals surface area contributed by atoms with Crippen LogP contribution < -0.4 is 11.1 Å². The maximum atomic E-state index is 13.1. The Bertz CT molecular complexity index is 415. The summed E-state index contributed by atoms with van der Waals surface area (Å²) in [5.41, 5.74) is 6.54. The molecule has 4 rings (SSSR count). The largest absolute Gasteiger partial charge is 0.352 e. The van der Waals surface area contributed by atoms with Gasteiger partial charge in [0, 0.05) is 12.6 Å². The van der Waals surface area contributed by atoms with E-state index in [0.29, 0.717) is 23.3 Å². The summed E-state index contributed by atoms with van der Waals surface area (Å²) >= 11 is 0. The lowest BCUT2D eigenvalue weighted by atomic mass is 9.40. The van der Waals surface area contributed by atoms with Crippen molar-refractivity contribution in [3.05, 3.63) is 0 Å². The van der Waals surface area contributed by atoms with E-state index >= 15 is 0 Å². The Kier molecular flexibility index (Phi) is 3.63. The average Bonchev–Trinajstić information content (AvgIpc) is 2.33. The van der Waals surface area contributed by atoms with Crippen molar-refractivity contribution in [3.8, 4) is 0 Å². The van der Waals surface area contributed by atoms with E-state index in [2.05, 4.69) is 26.1 Å². The van der Waals surface area contributed by atoms with Gasteiger partial charge in [-0.3, -0.25) is 4.79 Å². The summed E-state index contributed by atoms with van der Waals surface area (Å²) in [6, 6.07) is 0.163. The third kappa shape index (κ3) is 2.62. The normalized spacial score (nSPS) is 45.6. The van der Waals surface area contributed by atoms with Gasteiger partial charge in [0.25, 0.3) is 0 Å². The minimum absolute atomic E-state index is 0.0932. The van der Waals surface area contributed by atoms with Crippen molar-refractivity contribution < 1.29 is 4.79 Å². The zero-order chi connectivity index (χ0) is 15.3. The van der Waals surface area contributed by atoms with Gasteiger partial charge < -0.3 is 11.1 Å². The first-order valence-electron chi connectivity index (χ1n) is 8.83. The minimum atomic E-state index is -0.0932. The second kappa shape index (κ2) is 4.97. The molecule has 120 valence electrons. The number of hydrogen-bond acceptors (Lipinski definition) is 2. The number of amides is 1. The van der Waals surface area contributed by atoms with Gasteiger partial charge in [-0.25, -0.2) is 0 Å². The smallest absolute Gasteiger partial charge is 0.226 e. The molecule has 3 unspecified atom stereocenters. The van der Waals surface area contributed by atoms with Crippen molar-refractivity contribution in [2.75, 3.05) is 6.54 Å². The van der Waals surface area contributed by atoms with E-state index in [1.807, 2.05) is 0 Å². The molecule has 0 aromatic rings. The van der Waals surface area contributed by atoms with E-state index < -0.39 is 0 Å². The van der Waals surface area contributed by atoms with Gasteiger partial charge in [-0.15, -0.1) is 0 Å². The van der Waals surface area contributed by atoms with Crippen LogP contribution in [0.1, 0.15) is 72.1 Å². The van der Waals surface area contributed by atoms with Gasteiger partial charge in [0.2, 0.25) is 5.91 Å². The Hall–Kier alpha value is -0.570. The number of carbonyl (C=O) groups is 1. The van der Waals surface area contributed by atoms with Crippen LogP contribution in [0.4, 0.5) is 0 Å². The molecule has 3 heteroatoms. The van der Waals surface area contributed by atoms with E-state index in [1.54, 1.807) is 0 Å². The first kappa shape index (κ1) is 15.3. The SMILES string of the molecule is CCCC(CN)NC(=O)C12CC3CC(C)(CC(C)(C3)C1)C2. The molecule has 3 atom stereocenters. The molecule has 1 amide bonds. The highest BCUT2D eigenvalue weighted by Gasteiger charge is 2.62. The second-order valence-corrected chi connectivity index (χ2v) is 9.11. The molecule has 4 saturated carbocycles. The zero-order valence-corrected chi connectivity index (χ0v) is 14.0. The van der Waals surface area contributed by atoms with E-state index in [4.69, 9.17) is 5.73 Å². The van der Waals surface area contributed by atoms with Crippen LogP contribution in [0.15, 0.2) is 0 Å². The standard InChI is InChI=1S/C18H32N2O/c1-4-5-14(9-19)20-15(21)18-8-13-6-16(2,11-18)10-17(3,7-13)12-18/h13-14H,4-12,19H2,1-3H3,(H,20,21). The third-order valence-corrected chi connectivity index (χ3v) is 6.36. The second-order valence-electron chi connectivity index (χ2n) is 9.11. The van der Waals surface area contributed by atoms with Gasteiger partial charge in [0.05, 0.1) is 5.41 Å². The van der Waals surface area contributed by atoms with Gasteiger partial charge in [0.15, 0.2) is 0 Å². The lowest BCUT2D eigenvalue weighted by Gasteiger charge is -2.64. The number of nitrogens with two attached hydrogens (primary N) is 1. The number of nitrogens with one attached hydrogen (secondary N) is 1. The Morgan fingerprint density at radius 1 is 1.19 bits per heavy atom. The quantitative estimate of drug-likeness (QED) is 0.817. The van der Waals surface area contributed by atoms with Crippen LogP contribution in [0.2, 0.25) is 0 Å². The van der Waals surface area contributed by atoms with Gasteiger partial charge >= 0.3 is 0 Å². The van der Waals surface area contributed by atoms with Crippen LogP contribution in [-0.2, 0) is 4.79 Å². The Labute approximate surface area is 129 Å². The molecule has 4 fully saturated rings. The van der Waals surface area contributed by atoms with E-state index in [0.717, 1.165) is 38.0 Å². The molecule has 0 saturated heterocycles. The van der Waals surface area contributed by atoms with Crippen LogP contribution in [-0.4, -0.2) is 18.5 Å². The molecule has 21 heavy (non-hydrogen) atoms. The summed E-state index contributed by atoms with van der Waals surface area (Å²) in [6.45, 7) is 7.56. The summed E-state index contributed by atoms with van der Waals surface area (Å²) in [4.78, 5) is 13.1. The first-order valence-corrected chi connectivity index (χ1v) is 8.83. The summed E-state index contributed by atoms with van der Waals surface area (Å²) in [5, 5.41) is 3.30. The Morgan fingerprint density at radius 3 is 2.29 bits per heavy atom. The zero-order valence-electron chi connectivity index (χ0n) is 14.0.